The van der Waals surface area contributed by atoms with Crippen molar-refractivity contribution in [3.05, 3.63) is 22.2 Å². The van der Waals surface area contributed by atoms with Gasteiger partial charge >= 0.3 is 0 Å². The van der Waals surface area contributed by atoms with Crippen LogP contribution >= 0.6 is 15.9 Å². The van der Waals surface area contributed by atoms with Crippen LogP contribution in [0.3, 0.4) is 0 Å². The van der Waals surface area contributed by atoms with Gasteiger partial charge in [0.05, 0.1) is 23.8 Å². The van der Waals surface area contributed by atoms with Crippen molar-refractivity contribution >= 4 is 15.9 Å². The first kappa shape index (κ1) is 15.1. The topological polar surface area (TPSA) is 50.7 Å². The summed E-state index contributed by atoms with van der Waals surface area (Å²) >= 11 is 3.57. The number of rotatable bonds is 4. The molecule has 0 aromatic heterocycles. The van der Waals surface area contributed by atoms with Crippen LogP contribution in [0.2, 0.25) is 0 Å². The van der Waals surface area contributed by atoms with Gasteiger partial charge in [-0.1, -0.05) is 0 Å². The van der Waals surface area contributed by atoms with E-state index in [4.69, 9.17) is 9.47 Å². The van der Waals surface area contributed by atoms with Gasteiger partial charge in [0, 0.05) is 13.0 Å². The van der Waals surface area contributed by atoms with Gasteiger partial charge in [-0.2, -0.15) is 0 Å². The van der Waals surface area contributed by atoms with E-state index in [0.29, 0.717) is 19.1 Å². The zero-order chi connectivity index (χ0) is 14.7. The SMILES string of the molecule is OC1CCC(CNCc2cc(Br)c3c(c2)OCCCO3)C1. The second kappa shape index (κ2) is 6.99. The molecular weight excluding hydrogens is 334 g/mol. The predicted octanol–water partition coefficient (Wildman–Crippen LogP) is 2.86. The molecule has 0 amide bonds. The van der Waals surface area contributed by atoms with Crippen molar-refractivity contribution in [1.29, 1.82) is 0 Å². The zero-order valence-corrected chi connectivity index (χ0v) is 13.7. The molecule has 5 heteroatoms. The molecule has 1 aromatic carbocycles. The minimum Gasteiger partial charge on any atom is -0.490 e. The fourth-order valence-electron chi connectivity index (χ4n) is 3.04. The largest absolute Gasteiger partial charge is 0.490 e. The van der Waals surface area contributed by atoms with E-state index in [2.05, 4.69) is 33.4 Å². The Kier molecular flexibility index (Phi) is 5.03. The van der Waals surface area contributed by atoms with Crippen molar-refractivity contribution in [3.8, 4) is 11.5 Å². The van der Waals surface area contributed by atoms with Crippen molar-refractivity contribution in [2.75, 3.05) is 19.8 Å². The van der Waals surface area contributed by atoms with E-state index in [1.807, 2.05) is 0 Å². The maximum absolute atomic E-state index is 9.55. The molecule has 0 saturated heterocycles. The Hall–Kier alpha value is -0.780. The minimum atomic E-state index is -0.0935. The molecule has 1 aromatic rings. The molecule has 0 spiro atoms. The lowest BCUT2D eigenvalue weighted by Crippen LogP contribution is -2.21. The molecule has 2 atom stereocenters. The smallest absolute Gasteiger partial charge is 0.175 e. The third-order valence-electron chi connectivity index (χ3n) is 4.14. The molecule has 1 aliphatic heterocycles. The van der Waals surface area contributed by atoms with Crippen molar-refractivity contribution in [2.45, 2.75) is 38.3 Å². The number of fused-ring (bicyclic) bond motifs is 1. The third-order valence-corrected chi connectivity index (χ3v) is 4.73. The summed E-state index contributed by atoms with van der Waals surface area (Å²) in [4.78, 5) is 0. The highest BCUT2D eigenvalue weighted by Gasteiger charge is 2.22. The molecule has 4 nitrogen and oxygen atoms in total. The van der Waals surface area contributed by atoms with Crippen LogP contribution < -0.4 is 14.8 Å². The number of hydrogen-bond donors (Lipinski definition) is 2. The first-order valence-electron chi connectivity index (χ1n) is 7.69. The molecule has 0 radical (unpaired) electrons. The maximum atomic E-state index is 9.55. The van der Waals surface area contributed by atoms with E-state index in [1.165, 1.54) is 5.56 Å². The van der Waals surface area contributed by atoms with Gasteiger partial charge in [0.25, 0.3) is 0 Å². The molecule has 1 saturated carbocycles. The van der Waals surface area contributed by atoms with Crippen LogP contribution in [0.5, 0.6) is 11.5 Å². The Balaban J connectivity index is 1.58. The van der Waals surface area contributed by atoms with E-state index in [-0.39, 0.29) is 6.10 Å². The second-order valence-corrected chi connectivity index (χ2v) is 6.77. The first-order valence-corrected chi connectivity index (χ1v) is 8.48. The van der Waals surface area contributed by atoms with Crippen molar-refractivity contribution in [1.82, 2.24) is 5.32 Å². The summed E-state index contributed by atoms with van der Waals surface area (Å²) < 4.78 is 12.4. The fourth-order valence-corrected chi connectivity index (χ4v) is 3.64. The Morgan fingerprint density at radius 2 is 2.10 bits per heavy atom. The fraction of sp³-hybridized carbons (Fsp3) is 0.625. The molecule has 1 fully saturated rings. The summed E-state index contributed by atoms with van der Waals surface area (Å²) in [5.41, 5.74) is 1.18. The summed E-state index contributed by atoms with van der Waals surface area (Å²) in [6, 6.07) is 4.14. The van der Waals surface area contributed by atoms with Crippen LogP contribution in [0.25, 0.3) is 0 Å². The van der Waals surface area contributed by atoms with E-state index < -0.39 is 0 Å². The van der Waals surface area contributed by atoms with Crippen LogP contribution in [-0.2, 0) is 6.54 Å². The molecule has 21 heavy (non-hydrogen) atoms. The van der Waals surface area contributed by atoms with E-state index in [1.54, 1.807) is 0 Å². The average molecular weight is 356 g/mol. The van der Waals surface area contributed by atoms with Crippen LogP contribution in [0.1, 0.15) is 31.2 Å². The number of benzene rings is 1. The summed E-state index contributed by atoms with van der Waals surface area (Å²) in [5, 5.41) is 13.0. The predicted molar refractivity (Wildman–Crippen MR) is 84.8 cm³/mol. The van der Waals surface area contributed by atoms with E-state index in [0.717, 1.165) is 54.7 Å². The number of aliphatic hydroxyl groups excluding tert-OH is 1. The molecule has 2 unspecified atom stereocenters. The molecule has 0 bridgehead atoms. The number of aliphatic hydroxyl groups is 1. The first-order chi connectivity index (χ1) is 10.2. The highest BCUT2D eigenvalue weighted by atomic mass is 79.9. The van der Waals surface area contributed by atoms with Gasteiger partial charge in [-0.05, 0) is 65.4 Å². The number of ether oxygens (including phenoxy) is 2. The van der Waals surface area contributed by atoms with Crippen LogP contribution in [0.15, 0.2) is 16.6 Å². The van der Waals surface area contributed by atoms with Gasteiger partial charge < -0.3 is 19.9 Å². The highest BCUT2D eigenvalue weighted by molar-refractivity contribution is 9.10. The normalized spacial score (nSPS) is 24.9. The van der Waals surface area contributed by atoms with Crippen molar-refractivity contribution in [2.24, 2.45) is 5.92 Å². The van der Waals surface area contributed by atoms with Crippen molar-refractivity contribution in [3.63, 3.8) is 0 Å². The zero-order valence-electron chi connectivity index (χ0n) is 12.1. The number of nitrogens with one attached hydrogen (secondary N) is 1. The van der Waals surface area contributed by atoms with Crippen LogP contribution in [0.4, 0.5) is 0 Å². The molecule has 1 aliphatic carbocycles. The quantitative estimate of drug-likeness (QED) is 0.871. The Morgan fingerprint density at radius 3 is 2.90 bits per heavy atom. The Labute approximate surface area is 134 Å². The highest BCUT2D eigenvalue weighted by Crippen LogP contribution is 2.38. The Morgan fingerprint density at radius 1 is 1.24 bits per heavy atom. The molecule has 1 heterocycles. The molecule has 116 valence electrons. The maximum Gasteiger partial charge on any atom is 0.175 e. The summed E-state index contributed by atoms with van der Waals surface area (Å²) in [5.74, 6) is 2.24. The number of halogens is 1. The van der Waals surface area contributed by atoms with E-state index >= 15 is 0 Å². The lowest BCUT2D eigenvalue weighted by Gasteiger charge is -2.14. The van der Waals surface area contributed by atoms with Gasteiger partial charge in [0.1, 0.15) is 0 Å². The lowest BCUT2D eigenvalue weighted by molar-refractivity contribution is 0.177. The minimum absolute atomic E-state index is 0.0935. The van der Waals surface area contributed by atoms with Gasteiger partial charge in [0.15, 0.2) is 11.5 Å². The van der Waals surface area contributed by atoms with Gasteiger partial charge in [-0.3, -0.25) is 0 Å². The van der Waals surface area contributed by atoms with Gasteiger partial charge in [-0.15, -0.1) is 0 Å². The second-order valence-electron chi connectivity index (χ2n) is 5.92. The van der Waals surface area contributed by atoms with Crippen LogP contribution in [0, 0.1) is 5.92 Å². The van der Waals surface area contributed by atoms with Crippen molar-refractivity contribution < 1.29 is 14.6 Å². The summed E-state index contributed by atoms with van der Waals surface area (Å²) in [7, 11) is 0. The molecular formula is C16H22BrNO3. The Bertz CT molecular complexity index is 495. The van der Waals surface area contributed by atoms with E-state index in [9.17, 15) is 5.11 Å². The molecule has 2 N–H and O–H groups in total. The monoisotopic (exact) mass is 355 g/mol. The molecule has 3 rings (SSSR count). The van der Waals surface area contributed by atoms with Gasteiger partial charge in [-0.25, -0.2) is 0 Å². The van der Waals surface area contributed by atoms with Gasteiger partial charge in [0.2, 0.25) is 0 Å². The third kappa shape index (κ3) is 3.90. The standard InChI is InChI=1S/C16H22BrNO3/c17-14-7-12(8-15-16(14)21-5-1-4-20-15)10-18-9-11-2-3-13(19)6-11/h7-8,11,13,18-19H,1-6,9-10H2. The lowest BCUT2D eigenvalue weighted by atomic mass is 10.1. The summed E-state index contributed by atoms with van der Waals surface area (Å²) in [6.45, 7) is 3.18. The summed E-state index contributed by atoms with van der Waals surface area (Å²) in [6.07, 6.45) is 3.82. The number of hydrogen-bond acceptors (Lipinski definition) is 4. The average Bonchev–Trinajstić information content (AvgIpc) is 2.73. The van der Waals surface area contributed by atoms with Crippen LogP contribution in [-0.4, -0.2) is 31.0 Å². The molecule has 2 aliphatic rings.